The van der Waals surface area contributed by atoms with Crippen LogP contribution >= 0.6 is 0 Å². The predicted octanol–water partition coefficient (Wildman–Crippen LogP) is 1.85. The average molecular weight is 276 g/mol. The number of rotatable bonds is 5. The number of carbonyl (C=O) groups excluding carboxylic acids is 1. The van der Waals surface area contributed by atoms with Crippen molar-refractivity contribution in [3.05, 3.63) is 35.9 Å². The second kappa shape index (κ2) is 5.45. The first-order valence-electron chi connectivity index (χ1n) is 6.52. The van der Waals surface area contributed by atoms with Crippen molar-refractivity contribution in [2.45, 2.75) is 31.1 Å². The van der Waals surface area contributed by atoms with Crippen molar-refractivity contribution in [2.75, 3.05) is 0 Å². The van der Waals surface area contributed by atoms with Crippen molar-refractivity contribution in [1.29, 1.82) is 0 Å². The summed E-state index contributed by atoms with van der Waals surface area (Å²) in [6.45, 7) is 0. The summed E-state index contributed by atoms with van der Waals surface area (Å²) in [5.74, 6) is -2.99. The summed E-state index contributed by atoms with van der Waals surface area (Å²) < 4.78 is 0. The lowest BCUT2D eigenvalue weighted by Gasteiger charge is -2.30. The molecule has 0 bridgehead atoms. The normalized spacial score (nSPS) is 25.6. The maximum Gasteiger partial charge on any atom is 0.314 e. The molecule has 1 aliphatic rings. The zero-order valence-corrected chi connectivity index (χ0v) is 10.9. The van der Waals surface area contributed by atoms with E-state index in [-0.39, 0.29) is 31.5 Å². The van der Waals surface area contributed by atoms with Crippen molar-refractivity contribution >= 4 is 17.7 Å². The summed E-state index contributed by atoms with van der Waals surface area (Å²) in [6, 6.07) is 8.64. The van der Waals surface area contributed by atoms with E-state index >= 15 is 0 Å². The highest BCUT2D eigenvalue weighted by molar-refractivity contribution is 5.96. The summed E-state index contributed by atoms with van der Waals surface area (Å²) in [6.07, 6.45) is 0.286. The van der Waals surface area contributed by atoms with Gasteiger partial charge in [-0.05, 0) is 18.4 Å². The van der Waals surface area contributed by atoms with Crippen LogP contribution in [0.1, 0.15) is 31.2 Å². The molecule has 0 heterocycles. The fourth-order valence-electron chi connectivity index (χ4n) is 3.08. The van der Waals surface area contributed by atoms with Crippen LogP contribution in [0, 0.1) is 5.92 Å². The molecule has 1 fully saturated rings. The van der Waals surface area contributed by atoms with Gasteiger partial charge in [0, 0.05) is 18.8 Å². The number of hydrogen-bond acceptors (Lipinski definition) is 3. The van der Waals surface area contributed by atoms with Gasteiger partial charge in [-0.3, -0.25) is 14.4 Å². The van der Waals surface area contributed by atoms with E-state index in [4.69, 9.17) is 5.11 Å². The van der Waals surface area contributed by atoms with Crippen molar-refractivity contribution in [3.63, 3.8) is 0 Å². The molecular weight excluding hydrogens is 260 g/mol. The molecule has 1 aromatic carbocycles. The second-order valence-corrected chi connectivity index (χ2v) is 5.09. The number of hydrogen-bond donors (Lipinski definition) is 2. The Kier molecular flexibility index (Phi) is 3.88. The SMILES string of the molecule is O=C(O)CC[C@H]1C(=O)CC[C@@]1(C(=O)O)c1ccccc1. The number of Topliss-reactive ketones (excluding diaryl/α,β-unsaturated/α-hetero) is 1. The van der Waals surface area contributed by atoms with Crippen LogP contribution in [0.15, 0.2) is 30.3 Å². The fourth-order valence-corrected chi connectivity index (χ4v) is 3.08. The number of carboxylic acids is 2. The Morgan fingerprint density at radius 2 is 1.85 bits per heavy atom. The van der Waals surface area contributed by atoms with E-state index in [9.17, 15) is 19.5 Å². The number of ketones is 1. The summed E-state index contributed by atoms with van der Waals surface area (Å²) in [5, 5.41) is 18.5. The molecule has 1 saturated carbocycles. The molecule has 0 aliphatic heterocycles. The van der Waals surface area contributed by atoms with Crippen LogP contribution in [-0.2, 0) is 19.8 Å². The lowest BCUT2D eigenvalue weighted by molar-refractivity contribution is -0.148. The van der Waals surface area contributed by atoms with Gasteiger partial charge in [-0.2, -0.15) is 0 Å². The summed E-state index contributed by atoms with van der Waals surface area (Å²) in [4.78, 5) is 34.6. The molecule has 1 aliphatic carbocycles. The molecule has 0 radical (unpaired) electrons. The Morgan fingerprint density at radius 3 is 2.40 bits per heavy atom. The minimum absolute atomic E-state index is 0.0648. The molecule has 0 amide bonds. The average Bonchev–Trinajstić information content (AvgIpc) is 2.75. The lowest BCUT2D eigenvalue weighted by Crippen LogP contribution is -2.41. The van der Waals surface area contributed by atoms with E-state index in [1.807, 2.05) is 0 Å². The fraction of sp³-hybridized carbons (Fsp3) is 0.400. The zero-order valence-electron chi connectivity index (χ0n) is 10.9. The van der Waals surface area contributed by atoms with Crippen LogP contribution in [-0.4, -0.2) is 27.9 Å². The lowest BCUT2D eigenvalue weighted by atomic mass is 9.70. The van der Waals surface area contributed by atoms with Crippen molar-refractivity contribution < 1.29 is 24.6 Å². The van der Waals surface area contributed by atoms with E-state index in [1.54, 1.807) is 30.3 Å². The van der Waals surface area contributed by atoms with Gasteiger partial charge in [0.15, 0.2) is 0 Å². The molecule has 0 spiro atoms. The highest BCUT2D eigenvalue weighted by atomic mass is 16.4. The first kappa shape index (κ1) is 14.2. The van der Waals surface area contributed by atoms with Crippen LogP contribution in [0.4, 0.5) is 0 Å². The Balaban J connectivity index is 2.42. The van der Waals surface area contributed by atoms with E-state index in [2.05, 4.69) is 0 Å². The van der Waals surface area contributed by atoms with Gasteiger partial charge in [0.25, 0.3) is 0 Å². The predicted molar refractivity (Wildman–Crippen MR) is 70.4 cm³/mol. The molecule has 0 aromatic heterocycles. The summed E-state index contributed by atoms with van der Waals surface area (Å²) in [7, 11) is 0. The molecule has 5 nitrogen and oxygen atoms in total. The molecule has 5 heteroatoms. The number of carboxylic acid groups (broad SMARTS) is 2. The summed E-state index contributed by atoms with van der Waals surface area (Å²) in [5.41, 5.74) is -0.706. The molecule has 20 heavy (non-hydrogen) atoms. The Bertz CT molecular complexity index is 536. The van der Waals surface area contributed by atoms with Crippen LogP contribution in [0.2, 0.25) is 0 Å². The third kappa shape index (κ3) is 2.31. The van der Waals surface area contributed by atoms with Gasteiger partial charge in [-0.1, -0.05) is 30.3 Å². The van der Waals surface area contributed by atoms with Gasteiger partial charge in [-0.15, -0.1) is 0 Å². The monoisotopic (exact) mass is 276 g/mol. The molecule has 0 saturated heterocycles. The Hall–Kier alpha value is -2.17. The minimum Gasteiger partial charge on any atom is -0.481 e. The highest BCUT2D eigenvalue weighted by Gasteiger charge is 2.54. The Morgan fingerprint density at radius 1 is 1.20 bits per heavy atom. The topological polar surface area (TPSA) is 91.7 Å². The van der Waals surface area contributed by atoms with Gasteiger partial charge in [-0.25, -0.2) is 0 Å². The highest BCUT2D eigenvalue weighted by Crippen LogP contribution is 2.46. The number of aliphatic carboxylic acids is 2. The molecule has 1 aromatic rings. The molecule has 0 unspecified atom stereocenters. The van der Waals surface area contributed by atoms with Crippen LogP contribution < -0.4 is 0 Å². The first-order chi connectivity index (χ1) is 9.48. The van der Waals surface area contributed by atoms with Crippen molar-refractivity contribution in [3.8, 4) is 0 Å². The summed E-state index contributed by atoms with van der Waals surface area (Å²) >= 11 is 0. The minimum atomic E-state index is -1.28. The molecule has 2 atom stereocenters. The Labute approximate surface area is 116 Å². The second-order valence-electron chi connectivity index (χ2n) is 5.09. The molecular formula is C15H16O5. The quantitative estimate of drug-likeness (QED) is 0.856. The number of benzene rings is 1. The van der Waals surface area contributed by atoms with Gasteiger partial charge in [0.2, 0.25) is 0 Å². The third-order valence-corrected chi connectivity index (χ3v) is 4.07. The standard InChI is InChI=1S/C15H16O5/c16-12-8-9-15(14(19)20,10-4-2-1-3-5-10)11(12)6-7-13(17)18/h1-5,11H,6-9H2,(H,17,18)(H,19,20)/t11-,15+/m0/s1. The van der Waals surface area contributed by atoms with Crippen molar-refractivity contribution in [1.82, 2.24) is 0 Å². The van der Waals surface area contributed by atoms with E-state index < -0.39 is 23.3 Å². The molecule has 2 rings (SSSR count). The maximum atomic E-state index is 12.0. The smallest absolute Gasteiger partial charge is 0.314 e. The number of carbonyl (C=O) groups is 3. The zero-order chi connectivity index (χ0) is 14.8. The van der Waals surface area contributed by atoms with Crippen LogP contribution in [0.25, 0.3) is 0 Å². The van der Waals surface area contributed by atoms with E-state index in [0.717, 1.165) is 0 Å². The first-order valence-corrected chi connectivity index (χ1v) is 6.52. The van der Waals surface area contributed by atoms with Crippen LogP contribution in [0.5, 0.6) is 0 Å². The van der Waals surface area contributed by atoms with Gasteiger partial charge >= 0.3 is 11.9 Å². The maximum absolute atomic E-state index is 12.0. The molecule has 2 N–H and O–H groups in total. The molecule has 106 valence electrons. The van der Waals surface area contributed by atoms with Gasteiger partial charge in [0.1, 0.15) is 11.2 Å². The van der Waals surface area contributed by atoms with Crippen LogP contribution in [0.3, 0.4) is 0 Å². The largest absolute Gasteiger partial charge is 0.481 e. The third-order valence-electron chi connectivity index (χ3n) is 4.07. The van der Waals surface area contributed by atoms with E-state index in [1.165, 1.54) is 0 Å². The van der Waals surface area contributed by atoms with Gasteiger partial charge in [0.05, 0.1) is 0 Å². The van der Waals surface area contributed by atoms with E-state index in [0.29, 0.717) is 5.56 Å². The van der Waals surface area contributed by atoms with Gasteiger partial charge < -0.3 is 10.2 Å². The van der Waals surface area contributed by atoms with Crippen molar-refractivity contribution in [2.24, 2.45) is 5.92 Å².